The highest BCUT2D eigenvalue weighted by Crippen LogP contribution is 2.45. The second-order valence-electron chi connectivity index (χ2n) is 6.43. The molecule has 0 saturated carbocycles. The van der Waals surface area contributed by atoms with Gasteiger partial charge in [0.2, 0.25) is 17.7 Å². The van der Waals surface area contributed by atoms with Gasteiger partial charge in [-0.2, -0.15) is 0 Å². The number of rotatable bonds is 2. The van der Waals surface area contributed by atoms with E-state index in [2.05, 4.69) is 12.2 Å². The van der Waals surface area contributed by atoms with Crippen molar-refractivity contribution >= 4 is 23.4 Å². The van der Waals surface area contributed by atoms with Crippen LogP contribution < -0.4 is 10.2 Å². The summed E-state index contributed by atoms with van der Waals surface area (Å²) in [7, 11) is 0. The van der Waals surface area contributed by atoms with Crippen LogP contribution in [0.15, 0.2) is 18.2 Å². The third-order valence-electron chi connectivity index (χ3n) is 4.67. The first kappa shape index (κ1) is 14.8. The van der Waals surface area contributed by atoms with Gasteiger partial charge in [-0.1, -0.05) is 19.1 Å². The molecule has 5 nitrogen and oxygen atoms in total. The Balaban J connectivity index is 2.10. The maximum Gasteiger partial charge on any atom is 0.249 e. The molecular formula is C17H20N2O3. The van der Waals surface area contributed by atoms with Crippen LogP contribution in [-0.2, 0) is 26.2 Å². The molecule has 1 aromatic carbocycles. The molecule has 0 aliphatic carbocycles. The standard InChI is InChI=1S/C17H20N2O3/c1-4-10-6-5-7-11-14(10)17(2,3)16(22)19(11)12-8-9-13(20)18-15(12)21/h5-7,12H,4,8-9H2,1-3H3,(H,18,20,21). The number of hydrogen-bond donors (Lipinski definition) is 1. The maximum atomic E-state index is 12.9. The third kappa shape index (κ3) is 1.95. The molecule has 2 aliphatic rings. The number of carbonyl (C=O) groups excluding carboxylic acids is 3. The number of hydrogen-bond acceptors (Lipinski definition) is 3. The quantitative estimate of drug-likeness (QED) is 0.845. The van der Waals surface area contributed by atoms with Crippen molar-refractivity contribution in [2.75, 3.05) is 4.90 Å². The molecule has 5 heteroatoms. The Morgan fingerprint density at radius 1 is 1.27 bits per heavy atom. The number of anilines is 1. The largest absolute Gasteiger partial charge is 0.299 e. The number of imide groups is 1. The summed E-state index contributed by atoms with van der Waals surface area (Å²) in [6, 6.07) is 5.25. The minimum atomic E-state index is -0.649. The van der Waals surface area contributed by atoms with E-state index in [9.17, 15) is 14.4 Å². The number of carbonyl (C=O) groups is 3. The minimum absolute atomic E-state index is 0.0714. The first-order valence-corrected chi connectivity index (χ1v) is 7.67. The van der Waals surface area contributed by atoms with Crippen molar-refractivity contribution in [2.45, 2.75) is 51.5 Å². The molecule has 0 aromatic heterocycles. The molecule has 2 heterocycles. The molecule has 0 spiro atoms. The first-order valence-electron chi connectivity index (χ1n) is 7.67. The number of amides is 3. The molecule has 1 N–H and O–H groups in total. The van der Waals surface area contributed by atoms with Crippen molar-refractivity contribution in [2.24, 2.45) is 0 Å². The van der Waals surface area contributed by atoms with Gasteiger partial charge in [-0.15, -0.1) is 0 Å². The van der Waals surface area contributed by atoms with Crippen molar-refractivity contribution in [1.82, 2.24) is 5.32 Å². The van der Waals surface area contributed by atoms with Crippen molar-refractivity contribution in [3.8, 4) is 0 Å². The van der Waals surface area contributed by atoms with Crippen molar-refractivity contribution < 1.29 is 14.4 Å². The van der Waals surface area contributed by atoms with E-state index in [1.807, 2.05) is 32.0 Å². The normalized spacial score (nSPS) is 23.5. The fourth-order valence-corrected chi connectivity index (χ4v) is 3.56. The van der Waals surface area contributed by atoms with Crippen LogP contribution in [0.25, 0.3) is 0 Å². The van der Waals surface area contributed by atoms with E-state index in [1.54, 1.807) is 4.90 Å². The van der Waals surface area contributed by atoms with Crippen molar-refractivity contribution in [1.29, 1.82) is 0 Å². The van der Waals surface area contributed by atoms with Gasteiger partial charge in [0.05, 0.1) is 5.41 Å². The van der Waals surface area contributed by atoms with E-state index in [0.29, 0.717) is 6.42 Å². The second-order valence-corrected chi connectivity index (χ2v) is 6.43. The van der Waals surface area contributed by atoms with E-state index in [4.69, 9.17) is 0 Å². The van der Waals surface area contributed by atoms with E-state index >= 15 is 0 Å². The van der Waals surface area contributed by atoms with Crippen LogP contribution in [0.3, 0.4) is 0 Å². The molecule has 3 amide bonds. The molecule has 0 bridgehead atoms. The van der Waals surface area contributed by atoms with Gasteiger partial charge in [0.1, 0.15) is 6.04 Å². The predicted molar refractivity (Wildman–Crippen MR) is 82.5 cm³/mol. The van der Waals surface area contributed by atoms with Crippen LogP contribution >= 0.6 is 0 Å². The Morgan fingerprint density at radius 3 is 2.64 bits per heavy atom. The highest BCUT2D eigenvalue weighted by molar-refractivity contribution is 6.13. The average Bonchev–Trinajstić information content (AvgIpc) is 2.68. The molecule has 3 rings (SSSR count). The molecule has 116 valence electrons. The third-order valence-corrected chi connectivity index (χ3v) is 4.67. The molecule has 22 heavy (non-hydrogen) atoms. The monoisotopic (exact) mass is 300 g/mol. The maximum absolute atomic E-state index is 12.9. The smallest absolute Gasteiger partial charge is 0.249 e. The fraction of sp³-hybridized carbons (Fsp3) is 0.471. The Morgan fingerprint density at radius 2 is 2.00 bits per heavy atom. The molecule has 1 aromatic rings. The van der Waals surface area contributed by atoms with E-state index < -0.39 is 11.5 Å². The number of nitrogens with one attached hydrogen (secondary N) is 1. The van der Waals surface area contributed by atoms with Crippen LogP contribution in [0, 0.1) is 0 Å². The van der Waals surface area contributed by atoms with Gasteiger partial charge in [0.25, 0.3) is 0 Å². The number of fused-ring (bicyclic) bond motifs is 1. The average molecular weight is 300 g/mol. The molecule has 0 radical (unpaired) electrons. The summed E-state index contributed by atoms with van der Waals surface area (Å²) in [6.45, 7) is 5.86. The van der Waals surface area contributed by atoms with Crippen LogP contribution in [0.2, 0.25) is 0 Å². The lowest BCUT2D eigenvalue weighted by molar-refractivity contribution is -0.136. The van der Waals surface area contributed by atoms with Gasteiger partial charge in [-0.05, 0) is 43.9 Å². The first-order chi connectivity index (χ1) is 10.4. The summed E-state index contributed by atoms with van der Waals surface area (Å²) in [5.74, 6) is -0.720. The summed E-state index contributed by atoms with van der Waals surface area (Å²) in [5, 5.41) is 2.34. The second kappa shape index (κ2) is 4.93. The molecule has 1 fully saturated rings. The molecule has 1 unspecified atom stereocenters. The van der Waals surface area contributed by atoms with Gasteiger partial charge in [0.15, 0.2) is 0 Å². The van der Waals surface area contributed by atoms with Crippen LogP contribution in [0.5, 0.6) is 0 Å². The number of benzene rings is 1. The summed E-state index contributed by atoms with van der Waals surface area (Å²) in [5.41, 5.74) is 2.30. The SMILES string of the molecule is CCc1cccc2c1C(C)(C)C(=O)N2C1CCC(=O)NC1=O. The van der Waals surface area contributed by atoms with E-state index in [0.717, 1.165) is 23.2 Å². The highest BCUT2D eigenvalue weighted by Gasteiger charge is 2.49. The molecular weight excluding hydrogens is 280 g/mol. The van der Waals surface area contributed by atoms with Gasteiger partial charge < -0.3 is 0 Å². The van der Waals surface area contributed by atoms with Gasteiger partial charge in [0, 0.05) is 12.1 Å². The van der Waals surface area contributed by atoms with E-state index in [1.165, 1.54) is 0 Å². The highest BCUT2D eigenvalue weighted by atomic mass is 16.2. The number of nitrogens with zero attached hydrogens (tertiary/aromatic N) is 1. The molecule has 2 aliphatic heterocycles. The Labute approximate surface area is 129 Å². The Bertz CT molecular complexity index is 678. The van der Waals surface area contributed by atoms with Crippen molar-refractivity contribution in [3.05, 3.63) is 29.3 Å². The summed E-state index contributed by atoms with van der Waals surface area (Å²) >= 11 is 0. The zero-order valence-electron chi connectivity index (χ0n) is 13.1. The zero-order valence-corrected chi connectivity index (χ0v) is 13.1. The topological polar surface area (TPSA) is 66.5 Å². The van der Waals surface area contributed by atoms with Gasteiger partial charge in [-0.3, -0.25) is 24.6 Å². The van der Waals surface area contributed by atoms with Crippen LogP contribution in [0.1, 0.15) is 44.7 Å². The lowest BCUT2D eigenvalue weighted by Crippen LogP contribution is -2.55. The summed E-state index contributed by atoms with van der Waals surface area (Å²) < 4.78 is 0. The van der Waals surface area contributed by atoms with Gasteiger partial charge >= 0.3 is 0 Å². The minimum Gasteiger partial charge on any atom is -0.299 e. The molecule has 1 saturated heterocycles. The fourth-order valence-electron chi connectivity index (χ4n) is 3.56. The lowest BCUT2D eigenvalue weighted by Gasteiger charge is -2.31. The predicted octanol–water partition coefficient (Wildman–Crippen LogP) is 1.68. The van der Waals surface area contributed by atoms with Crippen LogP contribution in [-0.4, -0.2) is 23.8 Å². The van der Waals surface area contributed by atoms with Crippen molar-refractivity contribution in [3.63, 3.8) is 0 Å². The summed E-state index contributed by atoms with van der Waals surface area (Å²) in [4.78, 5) is 38.1. The number of aryl methyl sites for hydroxylation is 1. The Hall–Kier alpha value is -2.17. The molecule has 1 atom stereocenters. The van der Waals surface area contributed by atoms with Crippen LogP contribution in [0.4, 0.5) is 5.69 Å². The summed E-state index contributed by atoms with van der Waals surface area (Å²) in [6.07, 6.45) is 1.48. The Kier molecular flexibility index (Phi) is 3.31. The number of piperidine rings is 1. The van der Waals surface area contributed by atoms with E-state index in [-0.39, 0.29) is 24.1 Å². The lowest BCUT2D eigenvalue weighted by atomic mass is 9.82. The van der Waals surface area contributed by atoms with Gasteiger partial charge in [-0.25, -0.2) is 0 Å². The zero-order chi connectivity index (χ0) is 16.1.